The van der Waals surface area contributed by atoms with Crippen molar-refractivity contribution in [2.24, 2.45) is 11.8 Å². The lowest BCUT2D eigenvalue weighted by atomic mass is 9.84. The largest absolute Gasteiger partial charge is 0.372 e. The van der Waals surface area contributed by atoms with Crippen LogP contribution < -0.4 is 0 Å². The number of hydrogen-bond donors (Lipinski definition) is 0. The molecular formula is C22H26N2O2. The molecule has 4 heteroatoms. The van der Waals surface area contributed by atoms with Crippen LogP contribution in [0.25, 0.3) is 12.2 Å². The Balaban J connectivity index is 1.56. The number of nitrogens with zero attached hydrogens (tertiary/aromatic N) is 2. The monoisotopic (exact) mass is 350 g/mol. The number of fused-ring (bicyclic) bond motifs is 3. The van der Waals surface area contributed by atoms with Gasteiger partial charge in [-0.15, -0.1) is 0 Å². The van der Waals surface area contributed by atoms with E-state index in [0.29, 0.717) is 5.78 Å². The van der Waals surface area contributed by atoms with E-state index >= 15 is 0 Å². The van der Waals surface area contributed by atoms with Crippen LogP contribution in [-0.2, 0) is 9.59 Å². The van der Waals surface area contributed by atoms with Gasteiger partial charge in [0.05, 0.1) is 11.4 Å². The molecule has 0 N–H and O–H groups in total. The molecule has 0 radical (unpaired) electrons. The van der Waals surface area contributed by atoms with Crippen LogP contribution >= 0.6 is 0 Å². The van der Waals surface area contributed by atoms with Gasteiger partial charge in [0.2, 0.25) is 0 Å². The summed E-state index contributed by atoms with van der Waals surface area (Å²) in [7, 11) is 1.98. The number of piperidine rings is 4. The summed E-state index contributed by atoms with van der Waals surface area (Å²) < 4.78 is 0. The minimum atomic E-state index is 0.100. The van der Waals surface area contributed by atoms with Crippen molar-refractivity contribution < 1.29 is 9.59 Å². The molecule has 0 amide bonds. The van der Waals surface area contributed by atoms with Crippen LogP contribution in [0.2, 0.25) is 0 Å². The number of carbonyl (C=O) groups is 2. The molecule has 1 aromatic rings. The predicted octanol–water partition coefficient (Wildman–Crippen LogP) is 3.20. The van der Waals surface area contributed by atoms with E-state index in [1.807, 2.05) is 55.3 Å². The molecule has 5 rings (SSSR count). The second-order valence-corrected chi connectivity index (χ2v) is 7.83. The Labute approximate surface area is 155 Å². The first kappa shape index (κ1) is 17.1. The first-order chi connectivity index (χ1) is 12.5. The van der Waals surface area contributed by atoms with Gasteiger partial charge in [-0.1, -0.05) is 31.2 Å². The van der Waals surface area contributed by atoms with Gasteiger partial charge >= 0.3 is 0 Å². The van der Waals surface area contributed by atoms with Gasteiger partial charge in [-0.2, -0.15) is 0 Å². The third kappa shape index (κ3) is 3.09. The molecular weight excluding hydrogens is 324 g/mol. The fourth-order valence-electron chi connectivity index (χ4n) is 4.17. The van der Waals surface area contributed by atoms with E-state index < -0.39 is 0 Å². The van der Waals surface area contributed by atoms with Gasteiger partial charge in [-0.3, -0.25) is 9.59 Å². The molecule has 1 aromatic carbocycles. The molecule has 4 aliphatic heterocycles. The van der Waals surface area contributed by atoms with Crippen LogP contribution in [0, 0.1) is 11.8 Å². The zero-order valence-electron chi connectivity index (χ0n) is 15.6. The number of allylic oxidation sites excluding steroid dienone is 2. The van der Waals surface area contributed by atoms with E-state index in [9.17, 15) is 9.59 Å². The summed E-state index contributed by atoms with van der Waals surface area (Å²) in [5.74, 6) is 0.854. The minimum Gasteiger partial charge on any atom is -0.372 e. The summed E-state index contributed by atoms with van der Waals surface area (Å²) in [6.45, 7) is 4.92. The van der Waals surface area contributed by atoms with Gasteiger partial charge in [0.1, 0.15) is 0 Å². The Bertz CT molecular complexity index is 746. The topological polar surface area (TPSA) is 40.6 Å². The molecule has 4 fully saturated rings. The molecule has 0 spiro atoms. The van der Waals surface area contributed by atoms with Crippen molar-refractivity contribution in [1.82, 2.24) is 9.80 Å². The highest BCUT2D eigenvalue weighted by atomic mass is 16.1. The van der Waals surface area contributed by atoms with Crippen LogP contribution in [0.15, 0.2) is 35.7 Å². The standard InChI is InChI=1S/C22H26N2O2/c1-15-7-10-23(2)19(21(15)25)13-16-3-5-17(6-4-16)14-20-22(26)18-8-11-24(20)12-9-18/h3-6,13-15,18H,7-12H2,1-2H3/b19-13-,20-14-. The van der Waals surface area contributed by atoms with Gasteiger partial charge in [-0.05, 0) is 42.5 Å². The van der Waals surface area contributed by atoms with Gasteiger partial charge in [0.15, 0.2) is 11.6 Å². The molecule has 1 unspecified atom stereocenters. The third-order valence-corrected chi connectivity index (χ3v) is 6.01. The van der Waals surface area contributed by atoms with E-state index in [4.69, 9.17) is 0 Å². The van der Waals surface area contributed by atoms with E-state index in [2.05, 4.69) is 4.90 Å². The van der Waals surface area contributed by atoms with Gasteiger partial charge in [-0.25, -0.2) is 0 Å². The third-order valence-electron chi connectivity index (χ3n) is 6.01. The summed E-state index contributed by atoms with van der Waals surface area (Å²) in [5.41, 5.74) is 3.73. The number of benzene rings is 1. The van der Waals surface area contributed by atoms with E-state index in [0.717, 1.165) is 61.4 Å². The fourth-order valence-corrected chi connectivity index (χ4v) is 4.17. The lowest BCUT2D eigenvalue weighted by molar-refractivity contribution is -0.125. The molecule has 26 heavy (non-hydrogen) atoms. The second kappa shape index (κ2) is 6.75. The number of likely N-dealkylation sites (tertiary alicyclic amines) is 1. The highest BCUT2D eigenvalue weighted by Gasteiger charge is 2.36. The summed E-state index contributed by atoms with van der Waals surface area (Å²) in [4.78, 5) is 29.1. The zero-order valence-corrected chi connectivity index (χ0v) is 15.6. The lowest BCUT2D eigenvalue weighted by Gasteiger charge is -2.41. The normalized spacial score (nSPS) is 27.1. The van der Waals surface area contributed by atoms with Crippen molar-refractivity contribution in [2.45, 2.75) is 26.2 Å². The minimum absolute atomic E-state index is 0.100. The average molecular weight is 350 g/mol. The zero-order chi connectivity index (χ0) is 18.3. The van der Waals surface area contributed by atoms with Crippen LogP contribution in [0.1, 0.15) is 37.3 Å². The van der Waals surface area contributed by atoms with Crippen molar-refractivity contribution in [3.8, 4) is 0 Å². The van der Waals surface area contributed by atoms with Gasteiger partial charge in [0, 0.05) is 38.5 Å². The van der Waals surface area contributed by atoms with Crippen molar-refractivity contribution in [2.75, 3.05) is 26.7 Å². The maximum atomic E-state index is 12.5. The highest BCUT2D eigenvalue weighted by molar-refractivity contribution is 6.02. The molecule has 4 nitrogen and oxygen atoms in total. The summed E-state index contributed by atoms with van der Waals surface area (Å²) in [6, 6.07) is 8.13. The molecule has 4 heterocycles. The first-order valence-corrected chi connectivity index (χ1v) is 9.61. The Morgan fingerprint density at radius 2 is 1.42 bits per heavy atom. The number of likely N-dealkylation sites (N-methyl/N-ethyl adjacent to an activating group) is 1. The van der Waals surface area contributed by atoms with Crippen molar-refractivity contribution in [3.05, 3.63) is 46.8 Å². The Morgan fingerprint density at radius 3 is 2.00 bits per heavy atom. The molecule has 4 aliphatic rings. The highest BCUT2D eigenvalue weighted by Crippen LogP contribution is 2.32. The molecule has 0 aliphatic carbocycles. The number of Topliss-reactive ketones (excluding diaryl/α,β-unsaturated/α-hetero) is 2. The van der Waals surface area contributed by atoms with Gasteiger partial charge in [0.25, 0.3) is 0 Å². The Kier molecular flexibility index (Phi) is 4.43. The van der Waals surface area contributed by atoms with E-state index in [-0.39, 0.29) is 17.6 Å². The van der Waals surface area contributed by atoms with Crippen molar-refractivity contribution in [3.63, 3.8) is 0 Å². The SMILES string of the molecule is CC1CCN(C)/C(=C\c2ccc(/C=C3/C(=O)C4CCN3CC4)cc2)C1=O. The molecule has 2 bridgehead atoms. The van der Waals surface area contributed by atoms with Crippen LogP contribution in [0.3, 0.4) is 0 Å². The smallest absolute Gasteiger partial charge is 0.182 e. The van der Waals surface area contributed by atoms with Crippen LogP contribution in [0.5, 0.6) is 0 Å². The number of ketones is 2. The van der Waals surface area contributed by atoms with Crippen LogP contribution in [0.4, 0.5) is 0 Å². The lowest BCUT2D eigenvalue weighted by Crippen LogP contribution is -2.45. The molecule has 1 atom stereocenters. The molecule has 0 saturated carbocycles. The number of carbonyl (C=O) groups excluding carboxylic acids is 2. The average Bonchev–Trinajstić information content (AvgIpc) is 2.66. The first-order valence-electron chi connectivity index (χ1n) is 9.61. The fraction of sp³-hybridized carbons (Fsp3) is 0.455. The molecule has 4 saturated heterocycles. The second-order valence-electron chi connectivity index (χ2n) is 7.83. The molecule has 136 valence electrons. The molecule has 0 aromatic heterocycles. The van der Waals surface area contributed by atoms with Crippen molar-refractivity contribution >= 4 is 23.7 Å². The van der Waals surface area contributed by atoms with Crippen molar-refractivity contribution in [1.29, 1.82) is 0 Å². The Morgan fingerprint density at radius 1 is 0.846 bits per heavy atom. The maximum absolute atomic E-state index is 12.5. The predicted molar refractivity (Wildman–Crippen MR) is 103 cm³/mol. The summed E-state index contributed by atoms with van der Waals surface area (Å²) >= 11 is 0. The van der Waals surface area contributed by atoms with Crippen LogP contribution in [-0.4, -0.2) is 48.0 Å². The van der Waals surface area contributed by atoms with E-state index in [1.165, 1.54) is 0 Å². The van der Waals surface area contributed by atoms with Gasteiger partial charge < -0.3 is 9.80 Å². The number of rotatable bonds is 2. The Hall–Kier alpha value is -2.36. The summed E-state index contributed by atoms with van der Waals surface area (Å²) in [5, 5.41) is 0. The number of hydrogen-bond acceptors (Lipinski definition) is 4. The maximum Gasteiger partial charge on any atom is 0.182 e. The van der Waals surface area contributed by atoms with E-state index in [1.54, 1.807) is 0 Å². The summed E-state index contributed by atoms with van der Waals surface area (Å²) in [6.07, 6.45) is 6.92. The quantitative estimate of drug-likeness (QED) is 0.768.